The topological polar surface area (TPSA) is 66.4 Å². The zero-order chi connectivity index (χ0) is 17.7. The number of nitrogens with one attached hydrogen (secondary N) is 1. The molecule has 0 saturated carbocycles. The van der Waals surface area contributed by atoms with E-state index in [0.29, 0.717) is 11.6 Å². The van der Waals surface area contributed by atoms with Crippen LogP contribution in [0.25, 0.3) is 0 Å². The Morgan fingerprint density at radius 2 is 1.75 bits per heavy atom. The molecule has 4 nitrogen and oxygen atoms in total. The summed E-state index contributed by atoms with van der Waals surface area (Å²) < 4.78 is 39.5. The largest absolute Gasteiger partial charge is 0.480 e. The number of halogens is 3. The molecule has 0 heterocycles. The first kappa shape index (κ1) is 17.5. The van der Waals surface area contributed by atoms with Crippen LogP contribution in [0.4, 0.5) is 13.2 Å². The number of carboxylic acids is 1. The lowest BCUT2D eigenvalue weighted by atomic mass is 10.0. The number of carbonyl (C=O) groups excluding carboxylic acids is 1. The van der Waals surface area contributed by atoms with Crippen molar-refractivity contribution in [3.8, 4) is 0 Å². The maximum absolute atomic E-state index is 13.5. The minimum absolute atomic E-state index is 0.0520. The predicted octanol–water partition coefficient (Wildman–Crippen LogP) is 2.46. The van der Waals surface area contributed by atoms with Crippen molar-refractivity contribution in [1.82, 2.24) is 5.32 Å². The summed E-state index contributed by atoms with van der Waals surface area (Å²) in [7, 11) is 0. The number of rotatable bonds is 6. The third kappa shape index (κ3) is 4.84. The summed E-state index contributed by atoms with van der Waals surface area (Å²) in [6.45, 7) is 0. The van der Waals surface area contributed by atoms with Gasteiger partial charge in [0, 0.05) is 12.5 Å². The zero-order valence-electron chi connectivity index (χ0n) is 12.4. The fourth-order valence-corrected chi connectivity index (χ4v) is 2.18. The summed E-state index contributed by atoms with van der Waals surface area (Å²) in [5.74, 6) is -4.21. The Kier molecular flexibility index (Phi) is 5.57. The van der Waals surface area contributed by atoms with E-state index in [1.165, 1.54) is 24.3 Å². The molecule has 0 aromatic heterocycles. The fraction of sp³-hybridized carbons (Fsp3) is 0.176. The average molecular weight is 337 g/mol. The van der Waals surface area contributed by atoms with Gasteiger partial charge in [0.1, 0.15) is 23.5 Å². The van der Waals surface area contributed by atoms with E-state index in [4.69, 9.17) is 0 Å². The molecule has 7 heteroatoms. The lowest BCUT2D eigenvalue weighted by Crippen LogP contribution is -2.43. The van der Waals surface area contributed by atoms with Crippen LogP contribution in [-0.2, 0) is 22.4 Å². The van der Waals surface area contributed by atoms with E-state index in [9.17, 15) is 27.9 Å². The minimum atomic E-state index is -1.30. The second kappa shape index (κ2) is 7.63. The lowest BCUT2D eigenvalue weighted by Gasteiger charge is -2.15. The first-order valence-corrected chi connectivity index (χ1v) is 7.05. The van der Waals surface area contributed by atoms with Gasteiger partial charge in [0.25, 0.3) is 0 Å². The number of benzene rings is 2. The van der Waals surface area contributed by atoms with Crippen molar-refractivity contribution in [1.29, 1.82) is 0 Å². The maximum Gasteiger partial charge on any atom is 0.326 e. The molecule has 2 N–H and O–H groups in total. The molecular weight excluding hydrogens is 323 g/mol. The third-order valence-corrected chi connectivity index (χ3v) is 3.33. The standard InChI is InChI=1S/C17H14F3NO3/c18-12-3-1-2-10(6-12)7-15(17(23)24)21-16(22)8-11-4-5-13(19)9-14(11)20/h1-6,9,15H,7-8H2,(H,21,22)(H,23,24)/t15-/m1/s1. The smallest absolute Gasteiger partial charge is 0.326 e. The molecule has 1 amide bonds. The number of aliphatic carboxylic acids is 1. The van der Waals surface area contributed by atoms with E-state index in [1.54, 1.807) is 0 Å². The summed E-state index contributed by atoms with van der Waals surface area (Å²) in [6.07, 6.45) is -0.552. The van der Waals surface area contributed by atoms with Gasteiger partial charge in [0.05, 0.1) is 6.42 Å². The molecule has 0 aliphatic carbocycles. The van der Waals surface area contributed by atoms with Gasteiger partial charge in [0.15, 0.2) is 0 Å². The Morgan fingerprint density at radius 3 is 2.38 bits per heavy atom. The predicted molar refractivity (Wildman–Crippen MR) is 79.7 cm³/mol. The molecule has 126 valence electrons. The van der Waals surface area contributed by atoms with Crippen LogP contribution in [0.5, 0.6) is 0 Å². The molecule has 0 aliphatic rings. The summed E-state index contributed by atoms with van der Waals surface area (Å²) in [4.78, 5) is 23.2. The van der Waals surface area contributed by atoms with Crippen LogP contribution in [0, 0.1) is 17.5 Å². The number of amides is 1. The summed E-state index contributed by atoms with van der Waals surface area (Å²) in [5, 5.41) is 11.4. The van der Waals surface area contributed by atoms with Crippen LogP contribution in [0.2, 0.25) is 0 Å². The molecule has 2 rings (SSSR count). The van der Waals surface area contributed by atoms with Gasteiger partial charge >= 0.3 is 5.97 Å². The fourth-order valence-electron chi connectivity index (χ4n) is 2.18. The molecule has 0 spiro atoms. The van der Waals surface area contributed by atoms with Gasteiger partial charge in [-0.15, -0.1) is 0 Å². The van der Waals surface area contributed by atoms with Crippen molar-refractivity contribution in [3.63, 3.8) is 0 Å². The molecular formula is C17H14F3NO3. The van der Waals surface area contributed by atoms with E-state index in [2.05, 4.69) is 5.32 Å². The number of carboxylic acid groups (broad SMARTS) is 1. The van der Waals surface area contributed by atoms with Crippen molar-refractivity contribution in [3.05, 3.63) is 71.0 Å². The molecule has 0 bridgehead atoms. The highest BCUT2D eigenvalue weighted by Gasteiger charge is 2.21. The van der Waals surface area contributed by atoms with Crippen LogP contribution in [0.3, 0.4) is 0 Å². The van der Waals surface area contributed by atoms with Gasteiger partial charge in [-0.3, -0.25) is 4.79 Å². The first-order valence-electron chi connectivity index (χ1n) is 7.05. The summed E-state index contributed by atoms with van der Waals surface area (Å²) >= 11 is 0. The molecule has 0 aliphatic heterocycles. The van der Waals surface area contributed by atoms with Gasteiger partial charge in [-0.2, -0.15) is 0 Å². The third-order valence-electron chi connectivity index (χ3n) is 3.33. The number of hydrogen-bond donors (Lipinski definition) is 2. The molecule has 0 unspecified atom stereocenters. The monoisotopic (exact) mass is 337 g/mol. The Balaban J connectivity index is 2.04. The molecule has 0 saturated heterocycles. The van der Waals surface area contributed by atoms with Gasteiger partial charge in [-0.1, -0.05) is 18.2 Å². The Hall–Kier alpha value is -2.83. The molecule has 2 aromatic rings. The SMILES string of the molecule is O=C(Cc1ccc(F)cc1F)N[C@H](Cc1cccc(F)c1)C(=O)O. The van der Waals surface area contributed by atoms with E-state index in [1.807, 2.05) is 0 Å². The van der Waals surface area contributed by atoms with E-state index >= 15 is 0 Å². The second-order valence-corrected chi connectivity index (χ2v) is 5.20. The quantitative estimate of drug-likeness (QED) is 0.851. The Bertz CT molecular complexity index is 764. The van der Waals surface area contributed by atoms with Crippen molar-refractivity contribution < 1.29 is 27.9 Å². The number of carbonyl (C=O) groups is 2. The van der Waals surface area contributed by atoms with E-state index < -0.39 is 41.8 Å². The highest BCUT2D eigenvalue weighted by molar-refractivity contribution is 5.85. The average Bonchev–Trinajstić information content (AvgIpc) is 2.49. The molecule has 24 heavy (non-hydrogen) atoms. The molecule has 2 aromatic carbocycles. The van der Waals surface area contributed by atoms with Crippen molar-refractivity contribution >= 4 is 11.9 Å². The normalized spacial score (nSPS) is 11.8. The number of hydrogen-bond acceptors (Lipinski definition) is 2. The summed E-state index contributed by atoms with van der Waals surface area (Å²) in [5.41, 5.74) is 0.347. The van der Waals surface area contributed by atoms with Crippen LogP contribution >= 0.6 is 0 Å². The van der Waals surface area contributed by atoms with Crippen molar-refractivity contribution in [2.75, 3.05) is 0 Å². The highest BCUT2D eigenvalue weighted by atomic mass is 19.1. The maximum atomic E-state index is 13.5. The van der Waals surface area contributed by atoms with Gasteiger partial charge < -0.3 is 10.4 Å². The Morgan fingerprint density at radius 1 is 1.04 bits per heavy atom. The van der Waals surface area contributed by atoms with Crippen LogP contribution < -0.4 is 5.32 Å². The summed E-state index contributed by atoms with van der Waals surface area (Å²) in [6, 6.07) is 6.83. The Labute approximate surface area is 135 Å². The van der Waals surface area contributed by atoms with E-state index in [0.717, 1.165) is 12.1 Å². The van der Waals surface area contributed by atoms with Crippen LogP contribution in [-0.4, -0.2) is 23.0 Å². The van der Waals surface area contributed by atoms with Crippen molar-refractivity contribution in [2.24, 2.45) is 0 Å². The second-order valence-electron chi connectivity index (χ2n) is 5.20. The molecule has 0 fully saturated rings. The van der Waals surface area contributed by atoms with Crippen molar-refractivity contribution in [2.45, 2.75) is 18.9 Å². The van der Waals surface area contributed by atoms with Crippen LogP contribution in [0.1, 0.15) is 11.1 Å². The van der Waals surface area contributed by atoms with Gasteiger partial charge in [-0.25, -0.2) is 18.0 Å². The van der Waals surface area contributed by atoms with Gasteiger partial charge in [0.2, 0.25) is 5.91 Å². The minimum Gasteiger partial charge on any atom is -0.480 e. The molecule has 1 atom stereocenters. The highest BCUT2D eigenvalue weighted by Crippen LogP contribution is 2.11. The zero-order valence-corrected chi connectivity index (χ0v) is 12.4. The first-order chi connectivity index (χ1) is 11.3. The lowest BCUT2D eigenvalue weighted by molar-refractivity contribution is -0.141. The molecule has 0 radical (unpaired) electrons. The van der Waals surface area contributed by atoms with E-state index in [-0.39, 0.29) is 12.0 Å². The van der Waals surface area contributed by atoms with Gasteiger partial charge in [-0.05, 0) is 29.3 Å². The van der Waals surface area contributed by atoms with Crippen LogP contribution in [0.15, 0.2) is 42.5 Å².